The van der Waals surface area contributed by atoms with Gasteiger partial charge in [0.25, 0.3) is 0 Å². The largest absolute Gasteiger partial charge is 0.478 e. The molecule has 1 heterocycles. The molecule has 0 atom stereocenters. The second kappa shape index (κ2) is 4.72. The van der Waals surface area contributed by atoms with Crippen molar-refractivity contribution in [2.75, 3.05) is 0 Å². The van der Waals surface area contributed by atoms with Gasteiger partial charge in [-0.25, -0.2) is 14.2 Å². The zero-order valence-corrected chi connectivity index (χ0v) is 11.5. The molecule has 0 amide bonds. The van der Waals surface area contributed by atoms with Crippen molar-refractivity contribution in [2.24, 2.45) is 0 Å². The molecule has 0 saturated heterocycles. The maximum Gasteiger partial charge on any atom is 0.338 e. The predicted octanol–water partition coefficient (Wildman–Crippen LogP) is 4.09. The topological polar surface area (TPSA) is 63.3 Å². The van der Waals surface area contributed by atoms with Gasteiger partial charge in [0.1, 0.15) is 11.3 Å². The molecular formula is C14H7BrFNO3. The summed E-state index contributed by atoms with van der Waals surface area (Å²) in [7, 11) is 0. The summed E-state index contributed by atoms with van der Waals surface area (Å²) < 4.78 is 19.3. The maximum absolute atomic E-state index is 13.5. The van der Waals surface area contributed by atoms with Crippen LogP contribution < -0.4 is 0 Å². The molecule has 3 aromatic rings. The van der Waals surface area contributed by atoms with Gasteiger partial charge in [-0.05, 0) is 40.2 Å². The number of para-hydroxylation sites is 1. The molecule has 2 aromatic carbocycles. The van der Waals surface area contributed by atoms with Crippen LogP contribution in [0.4, 0.5) is 4.39 Å². The SMILES string of the molecule is O=C(O)c1cccc2oc(-c3cccc(F)c3Br)nc12. The number of hydrogen-bond donors (Lipinski definition) is 1. The number of carbonyl (C=O) groups is 1. The van der Waals surface area contributed by atoms with Crippen LogP contribution >= 0.6 is 15.9 Å². The van der Waals surface area contributed by atoms with Crippen molar-refractivity contribution in [2.45, 2.75) is 0 Å². The van der Waals surface area contributed by atoms with Crippen molar-refractivity contribution in [3.8, 4) is 11.5 Å². The molecule has 0 radical (unpaired) electrons. The minimum Gasteiger partial charge on any atom is -0.478 e. The summed E-state index contributed by atoms with van der Waals surface area (Å²) in [6, 6.07) is 9.10. The zero-order valence-electron chi connectivity index (χ0n) is 9.93. The summed E-state index contributed by atoms with van der Waals surface area (Å²) in [6.45, 7) is 0. The quantitative estimate of drug-likeness (QED) is 0.765. The van der Waals surface area contributed by atoms with E-state index in [9.17, 15) is 9.18 Å². The number of nitrogens with zero attached hydrogens (tertiary/aromatic N) is 1. The van der Waals surface area contributed by atoms with Crippen LogP contribution in [0.25, 0.3) is 22.6 Å². The first-order valence-corrected chi connectivity index (χ1v) is 6.44. The molecule has 3 rings (SSSR count). The van der Waals surface area contributed by atoms with Crippen LogP contribution in [0.5, 0.6) is 0 Å². The molecule has 0 saturated carbocycles. The molecule has 1 aromatic heterocycles. The van der Waals surface area contributed by atoms with Gasteiger partial charge < -0.3 is 9.52 Å². The predicted molar refractivity (Wildman–Crippen MR) is 74.1 cm³/mol. The van der Waals surface area contributed by atoms with Crippen molar-refractivity contribution < 1.29 is 18.7 Å². The fourth-order valence-electron chi connectivity index (χ4n) is 1.91. The van der Waals surface area contributed by atoms with Gasteiger partial charge in [-0.15, -0.1) is 0 Å². The summed E-state index contributed by atoms with van der Waals surface area (Å²) in [5.41, 5.74) is 1.06. The van der Waals surface area contributed by atoms with E-state index in [2.05, 4.69) is 20.9 Å². The number of aromatic nitrogens is 1. The molecule has 0 bridgehead atoms. The standard InChI is InChI=1S/C14H7BrFNO3/c15-11-7(3-1-5-9(11)16)13-17-12-8(14(18)19)4-2-6-10(12)20-13/h1-6H,(H,18,19). The third kappa shape index (κ3) is 1.98. The van der Waals surface area contributed by atoms with Crippen LogP contribution in [-0.4, -0.2) is 16.1 Å². The molecule has 1 N–H and O–H groups in total. The van der Waals surface area contributed by atoms with Crippen molar-refractivity contribution in [1.82, 2.24) is 4.98 Å². The monoisotopic (exact) mass is 335 g/mol. The molecule has 4 nitrogen and oxygen atoms in total. The summed E-state index contributed by atoms with van der Waals surface area (Å²) in [4.78, 5) is 15.3. The lowest BCUT2D eigenvalue weighted by molar-refractivity contribution is 0.0699. The molecule has 0 aliphatic carbocycles. The molecular weight excluding hydrogens is 329 g/mol. The Bertz CT molecular complexity index is 828. The third-order valence-corrected chi connectivity index (χ3v) is 3.64. The van der Waals surface area contributed by atoms with Gasteiger partial charge in [-0.3, -0.25) is 0 Å². The highest BCUT2D eigenvalue weighted by Crippen LogP contribution is 2.32. The fraction of sp³-hybridized carbons (Fsp3) is 0. The van der Waals surface area contributed by atoms with E-state index in [0.717, 1.165) is 0 Å². The molecule has 0 aliphatic heterocycles. The number of carboxylic acid groups (broad SMARTS) is 1. The number of benzene rings is 2. The lowest BCUT2D eigenvalue weighted by Gasteiger charge is -1.99. The second-order valence-electron chi connectivity index (χ2n) is 4.08. The highest BCUT2D eigenvalue weighted by atomic mass is 79.9. The molecule has 0 unspecified atom stereocenters. The third-order valence-electron chi connectivity index (χ3n) is 2.83. The molecule has 0 spiro atoms. The number of hydrogen-bond acceptors (Lipinski definition) is 3. The van der Waals surface area contributed by atoms with Gasteiger partial charge in [-0.2, -0.15) is 0 Å². The Labute approximate surface area is 121 Å². The van der Waals surface area contributed by atoms with E-state index in [4.69, 9.17) is 9.52 Å². The van der Waals surface area contributed by atoms with Gasteiger partial charge in [0, 0.05) is 0 Å². The van der Waals surface area contributed by atoms with Gasteiger partial charge in [-0.1, -0.05) is 12.1 Å². The van der Waals surface area contributed by atoms with Gasteiger partial charge in [0.05, 0.1) is 15.6 Å². The Morgan fingerprint density at radius 3 is 2.75 bits per heavy atom. The summed E-state index contributed by atoms with van der Waals surface area (Å²) in [6.07, 6.45) is 0. The number of fused-ring (bicyclic) bond motifs is 1. The van der Waals surface area contributed by atoms with E-state index in [-0.39, 0.29) is 21.4 Å². The summed E-state index contributed by atoms with van der Waals surface area (Å²) >= 11 is 3.13. The lowest BCUT2D eigenvalue weighted by Crippen LogP contribution is -1.96. The van der Waals surface area contributed by atoms with E-state index < -0.39 is 11.8 Å². The minimum atomic E-state index is -1.09. The van der Waals surface area contributed by atoms with Gasteiger partial charge in [0.2, 0.25) is 5.89 Å². The Kier molecular flexibility index (Phi) is 3.02. The summed E-state index contributed by atoms with van der Waals surface area (Å²) in [5, 5.41) is 9.11. The number of carboxylic acids is 1. The Morgan fingerprint density at radius 2 is 2.00 bits per heavy atom. The minimum absolute atomic E-state index is 0.0463. The first-order chi connectivity index (χ1) is 9.58. The van der Waals surface area contributed by atoms with E-state index >= 15 is 0 Å². The van der Waals surface area contributed by atoms with Crippen LogP contribution in [-0.2, 0) is 0 Å². The molecule has 0 aliphatic rings. The number of halogens is 2. The summed E-state index contributed by atoms with van der Waals surface area (Å²) in [5.74, 6) is -1.36. The van der Waals surface area contributed by atoms with E-state index in [1.54, 1.807) is 18.2 Å². The highest BCUT2D eigenvalue weighted by Gasteiger charge is 2.17. The van der Waals surface area contributed by atoms with Crippen molar-refractivity contribution in [1.29, 1.82) is 0 Å². The fourth-order valence-corrected chi connectivity index (χ4v) is 2.34. The van der Waals surface area contributed by atoms with Crippen molar-refractivity contribution >= 4 is 33.0 Å². The van der Waals surface area contributed by atoms with Crippen LogP contribution in [0.3, 0.4) is 0 Å². The second-order valence-corrected chi connectivity index (χ2v) is 4.87. The van der Waals surface area contributed by atoms with Crippen molar-refractivity contribution in [3.05, 3.63) is 52.3 Å². The van der Waals surface area contributed by atoms with Gasteiger partial charge >= 0.3 is 5.97 Å². The number of oxazole rings is 1. The normalized spacial score (nSPS) is 10.9. The maximum atomic E-state index is 13.5. The molecule has 0 fully saturated rings. The van der Waals surface area contributed by atoms with Crippen LogP contribution in [0.1, 0.15) is 10.4 Å². The molecule has 20 heavy (non-hydrogen) atoms. The smallest absolute Gasteiger partial charge is 0.338 e. The number of aromatic carboxylic acids is 1. The van der Waals surface area contributed by atoms with Gasteiger partial charge in [0.15, 0.2) is 5.58 Å². The average Bonchev–Trinajstić information content (AvgIpc) is 2.84. The molecule has 100 valence electrons. The Hall–Kier alpha value is -2.21. The van der Waals surface area contributed by atoms with E-state index in [1.807, 2.05) is 0 Å². The van der Waals surface area contributed by atoms with E-state index in [1.165, 1.54) is 18.2 Å². The first kappa shape index (κ1) is 12.8. The zero-order chi connectivity index (χ0) is 14.3. The Balaban J connectivity index is 2.26. The van der Waals surface area contributed by atoms with E-state index in [0.29, 0.717) is 11.1 Å². The van der Waals surface area contributed by atoms with Crippen LogP contribution in [0.15, 0.2) is 45.3 Å². The lowest BCUT2D eigenvalue weighted by atomic mass is 10.2. The molecule has 6 heteroatoms. The number of rotatable bonds is 2. The van der Waals surface area contributed by atoms with Crippen molar-refractivity contribution in [3.63, 3.8) is 0 Å². The highest BCUT2D eigenvalue weighted by molar-refractivity contribution is 9.10. The Morgan fingerprint density at radius 1 is 1.25 bits per heavy atom. The average molecular weight is 336 g/mol. The van der Waals surface area contributed by atoms with Crippen LogP contribution in [0, 0.1) is 5.82 Å². The first-order valence-electron chi connectivity index (χ1n) is 5.65. The van der Waals surface area contributed by atoms with Crippen LogP contribution in [0.2, 0.25) is 0 Å².